The zero-order valence-corrected chi connectivity index (χ0v) is 15.8. The van der Waals surface area contributed by atoms with Crippen molar-refractivity contribution in [2.24, 2.45) is 0 Å². The second-order valence-electron chi connectivity index (χ2n) is 6.88. The van der Waals surface area contributed by atoms with Crippen molar-refractivity contribution in [2.45, 2.75) is 72.4 Å². The Balaban J connectivity index is 6.16. The molecule has 0 saturated carbocycles. The van der Waals surface area contributed by atoms with Crippen molar-refractivity contribution >= 4 is 0 Å². The van der Waals surface area contributed by atoms with Crippen LogP contribution in [0.15, 0.2) is 0 Å². The fourth-order valence-corrected chi connectivity index (χ4v) is 2.22. The third kappa shape index (κ3) is 4.86. The van der Waals surface area contributed by atoms with E-state index >= 15 is 0 Å². The van der Waals surface area contributed by atoms with Crippen molar-refractivity contribution in [3.05, 3.63) is 0 Å². The molecular formula is C14H14F16O4. The summed E-state index contributed by atoms with van der Waals surface area (Å²) in [5.74, 6) is -55.6. The van der Waals surface area contributed by atoms with Crippen molar-refractivity contribution in [3.8, 4) is 0 Å². The third-order valence-corrected chi connectivity index (χ3v) is 4.41. The van der Waals surface area contributed by atoms with E-state index < -0.39 is 85.6 Å². The highest BCUT2D eigenvalue weighted by atomic mass is 19.4. The van der Waals surface area contributed by atoms with Crippen LogP contribution in [0.25, 0.3) is 0 Å². The molecule has 0 amide bonds. The second kappa shape index (κ2) is 9.30. The Morgan fingerprint density at radius 2 is 0.853 bits per heavy atom. The Hall–Kier alpha value is -1.28. The van der Waals surface area contributed by atoms with Gasteiger partial charge in [0.05, 0.1) is 6.10 Å². The lowest BCUT2D eigenvalue weighted by molar-refractivity contribution is -0.391. The summed E-state index contributed by atoms with van der Waals surface area (Å²) in [4.78, 5) is 0. The summed E-state index contributed by atoms with van der Waals surface area (Å²) in [5.41, 5.74) is 0. The van der Waals surface area contributed by atoms with Crippen LogP contribution in [-0.2, 0) is 0 Å². The summed E-state index contributed by atoms with van der Waals surface area (Å²) >= 11 is 0. The molecule has 0 bridgehead atoms. The fraction of sp³-hybridized carbons (Fsp3) is 1.00. The number of aliphatic hydroxyl groups excluding tert-OH is 4. The van der Waals surface area contributed by atoms with Gasteiger partial charge in [-0.2, -0.15) is 70.2 Å². The Labute approximate surface area is 177 Å². The average Bonchev–Trinajstić information content (AvgIpc) is 2.65. The molecule has 0 spiro atoms. The molecule has 4 nitrogen and oxygen atoms in total. The maximum absolute atomic E-state index is 13.6. The molecule has 0 fully saturated rings. The van der Waals surface area contributed by atoms with Gasteiger partial charge in [0.1, 0.15) is 12.7 Å². The number of alkyl halides is 16. The molecule has 0 rings (SSSR count). The van der Waals surface area contributed by atoms with E-state index in [0.29, 0.717) is 0 Å². The lowest BCUT2D eigenvalue weighted by atomic mass is 9.88. The summed E-state index contributed by atoms with van der Waals surface area (Å²) in [6.07, 6.45) is -15.8. The minimum atomic E-state index is -7.51. The number of aliphatic hydroxyl groups is 4. The molecule has 0 radical (unpaired) electrons. The van der Waals surface area contributed by atoms with E-state index in [4.69, 9.17) is 20.4 Å². The summed E-state index contributed by atoms with van der Waals surface area (Å²) in [6.45, 7) is -5.19. The highest BCUT2D eigenvalue weighted by Crippen LogP contribution is 2.57. The summed E-state index contributed by atoms with van der Waals surface area (Å²) in [7, 11) is 0. The van der Waals surface area contributed by atoms with E-state index in [1.807, 2.05) is 0 Å². The number of hydrogen-bond acceptors (Lipinski definition) is 4. The Morgan fingerprint density at radius 1 is 0.500 bits per heavy atom. The molecule has 0 aromatic heterocycles. The molecule has 0 saturated heterocycles. The highest BCUT2D eigenvalue weighted by Gasteiger charge is 2.83. The van der Waals surface area contributed by atoms with E-state index in [1.54, 1.807) is 0 Å². The zero-order chi connectivity index (χ0) is 28.0. The van der Waals surface area contributed by atoms with Crippen LogP contribution < -0.4 is 0 Å². The van der Waals surface area contributed by atoms with Crippen LogP contribution in [0.1, 0.15) is 12.8 Å². The Bertz CT molecular complexity index is 695. The third-order valence-electron chi connectivity index (χ3n) is 4.41. The lowest BCUT2D eigenvalue weighted by Gasteiger charge is -2.40. The lowest BCUT2D eigenvalue weighted by Crippen LogP contribution is -2.68. The first-order valence-electron chi connectivity index (χ1n) is 8.26. The minimum Gasteiger partial charge on any atom is -0.396 e. The van der Waals surface area contributed by atoms with Gasteiger partial charge < -0.3 is 20.4 Å². The molecule has 0 aliphatic heterocycles. The Kier molecular flexibility index (Phi) is 8.95. The first kappa shape index (κ1) is 32.7. The molecule has 206 valence electrons. The topological polar surface area (TPSA) is 80.9 Å². The molecule has 34 heavy (non-hydrogen) atoms. The van der Waals surface area contributed by atoms with Gasteiger partial charge in [-0.15, -0.1) is 0 Å². The normalized spacial score (nSPS) is 17.6. The van der Waals surface area contributed by atoms with Crippen LogP contribution in [0.5, 0.6) is 0 Å². The van der Waals surface area contributed by atoms with Crippen LogP contribution in [0.4, 0.5) is 70.2 Å². The molecule has 0 aromatic carbocycles. The van der Waals surface area contributed by atoms with Crippen molar-refractivity contribution in [1.29, 1.82) is 0 Å². The second-order valence-corrected chi connectivity index (χ2v) is 6.88. The van der Waals surface area contributed by atoms with Crippen molar-refractivity contribution < 1.29 is 90.7 Å². The van der Waals surface area contributed by atoms with Crippen LogP contribution in [0.2, 0.25) is 0 Å². The number of halogens is 16. The van der Waals surface area contributed by atoms with Gasteiger partial charge in [0.2, 0.25) is 0 Å². The van der Waals surface area contributed by atoms with E-state index in [1.165, 1.54) is 0 Å². The Morgan fingerprint density at radius 3 is 1.21 bits per heavy atom. The van der Waals surface area contributed by atoms with E-state index in [0.717, 1.165) is 0 Å². The predicted octanol–water partition coefficient (Wildman–Crippen LogP) is 3.56. The van der Waals surface area contributed by atoms with Gasteiger partial charge in [-0.1, -0.05) is 0 Å². The molecule has 2 unspecified atom stereocenters. The summed E-state index contributed by atoms with van der Waals surface area (Å²) in [5, 5.41) is 34.0. The van der Waals surface area contributed by atoms with Crippen LogP contribution in [-0.4, -0.2) is 93.2 Å². The molecule has 0 aromatic rings. The van der Waals surface area contributed by atoms with Gasteiger partial charge in [0, 0.05) is 19.4 Å². The standard InChI is InChI=1S/C14H14F16O4/c15-7(16,1-2-31)11(23,24)12(25,26)8(17,18)3-5(33)6(34)10(21,22)14(29,30)13(27,28)9(19,20)4-32/h5-6,31-34H,1-4H2. The maximum atomic E-state index is 13.6. The van der Waals surface area contributed by atoms with Gasteiger partial charge in [-0.3, -0.25) is 0 Å². The number of hydrogen-bond donors (Lipinski definition) is 4. The summed E-state index contributed by atoms with van der Waals surface area (Å²) in [6, 6.07) is 0. The van der Waals surface area contributed by atoms with Crippen molar-refractivity contribution in [3.63, 3.8) is 0 Å². The van der Waals surface area contributed by atoms with Gasteiger partial charge in [-0.05, 0) is 0 Å². The van der Waals surface area contributed by atoms with Crippen LogP contribution in [0, 0.1) is 0 Å². The van der Waals surface area contributed by atoms with E-state index in [-0.39, 0.29) is 0 Å². The quantitative estimate of drug-likeness (QED) is 0.265. The first-order valence-corrected chi connectivity index (χ1v) is 8.26. The SMILES string of the molecule is OCCC(F)(F)C(F)(F)C(F)(F)C(F)(F)CC(O)C(O)C(F)(F)C(F)(F)C(F)(F)C(F)(F)CO. The van der Waals surface area contributed by atoms with Gasteiger partial charge in [0.25, 0.3) is 0 Å². The van der Waals surface area contributed by atoms with Gasteiger partial charge in [0.15, 0.2) is 0 Å². The zero-order valence-electron chi connectivity index (χ0n) is 15.8. The number of rotatable bonds is 13. The van der Waals surface area contributed by atoms with Crippen molar-refractivity contribution in [1.82, 2.24) is 0 Å². The van der Waals surface area contributed by atoms with Crippen LogP contribution >= 0.6 is 0 Å². The summed E-state index contributed by atoms with van der Waals surface area (Å²) < 4.78 is 213. The molecule has 20 heteroatoms. The van der Waals surface area contributed by atoms with E-state index in [9.17, 15) is 70.2 Å². The highest BCUT2D eigenvalue weighted by molar-refractivity contribution is 5.09. The molecule has 4 N–H and O–H groups in total. The molecule has 0 aliphatic rings. The van der Waals surface area contributed by atoms with Crippen LogP contribution in [0.3, 0.4) is 0 Å². The predicted molar refractivity (Wildman–Crippen MR) is 75.0 cm³/mol. The molecule has 0 heterocycles. The molecular weight excluding hydrogens is 536 g/mol. The molecule has 0 aliphatic carbocycles. The van der Waals surface area contributed by atoms with Gasteiger partial charge >= 0.3 is 47.4 Å². The minimum absolute atomic E-state index is 1.97. The van der Waals surface area contributed by atoms with Gasteiger partial charge in [-0.25, -0.2) is 0 Å². The van der Waals surface area contributed by atoms with E-state index in [2.05, 4.69) is 0 Å². The largest absolute Gasteiger partial charge is 0.396 e. The fourth-order valence-electron chi connectivity index (χ4n) is 2.22. The first-order chi connectivity index (χ1) is 14.7. The average molecular weight is 550 g/mol. The molecule has 2 atom stereocenters. The maximum Gasteiger partial charge on any atom is 0.381 e. The smallest absolute Gasteiger partial charge is 0.381 e. The monoisotopic (exact) mass is 550 g/mol. The van der Waals surface area contributed by atoms with Crippen molar-refractivity contribution in [2.75, 3.05) is 13.2 Å².